The average molecular weight is 648 g/mol. The number of esters is 1. The quantitative estimate of drug-likeness (QED) is 0.154. The van der Waals surface area contributed by atoms with Crippen LogP contribution in [0.5, 0.6) is 0 Å². The van der Waals surface area contributed by atoms with Crippen LogP contribution in [0.2, 0.25) is 5.02 Å². The molecule has 4 heterocycles. The number of aromatic amines is 1. The number of hydrogen-bond acceptors (Lipinski definition) is 14. The van der Waals surface area contributed by atoms with Crippen molar-refractivity contribution in [3.63, 3.8) is 0 Å². The molecule has 238 valence electrons. The molecule has 46 heavy (non-hydrogen) atoms. The summed E-state index contributed by atoms with van der Waals surface area (Å²) in [5.74, 6) is -0.178. The third-order valence-corrected chi connectivity index (χ3v) is 7.60. The number of hydrogen-bond donors (Lipinski definition) is 5. The number of imidazole rings is 2. The minimum absolute atomic E-state index is 0.0972. The van der Waals surface area contributed by atoms with Crippen LogP contribution < -0.4 is 26.6 Å². The molecule has 0 saturated carbocycles. The smallest absolute Gasteiger partial charge is 0.407 e. The Morgan fingerprint density at radius 1 is 1.28 bits per heavy atom. The van der Waals surface area contributed by atoms with Crippen molar-refractivity contribution in [2.45, 2.75) is 38.0 Å². The van der Waals surface area contributed by atoms with E-state index in [4.69, 9.17) is 26.8 Å². The number of halogens is 1. The standard InChI is InChI=1S/C28H30ClN13O4/c1-3-34-24-25-35-12-17(10-31)42(25)40-27(39-24)37-20-6-15(9-30)7-21(23(20)29)41-5-4-19(38-28(44)45-2)22(13-41)46-26(43)18(32)8-16-11-33-14-36-16/h6-7,11-12,14,18-19,22H,3-5,8,13,32H2,1-2H3,(H,33,36)(H,38,44)(H2,34,37,39,40)/t18-,19+,22?/m0/s1. The van der Waals surface area contributed by atoms with Gasteiger partial charge in [-0.25, -0.2) is 14.8 Å². The predicted molar refractivity (Wildman–Crippen MR) is 165 cm³/mol. The Bertz CT molecular complexity index is 1810. The van der Waals surface area contributed by atoms with Gasteiger partial charge in [0.05, 0.1) is 60.3 Å². The van der Waals surface area contributed by atoms with Crippen LogP contribution in [-0.4, -0.2) is 86.5 Å². The number of benzene rings is 1. The van der Waals surface area contributed by atoms with Crippen LogP contribution in [0.3, 0.4) is 0 Å². The van der Waals surface area contributed by atoms with Crippen molar-refractivity contribution in [3.8, 4) is 12.1 Å². The molecule has 3 aromatic heterocycles. The van der Waals surface area contributed by atoms with Crippen molar-refractivity contribution in [2.75, 3.05) is 42.3 Å². The summed E-state index contributed by atoms with van der Waals surface area (Å²) in [5, 5.41) is 32.9. The highest BCUT2D eigenvalue weighted by atomic mass is 35.5. The minimum atomic E-state index is -0.989. The highest BCUT2D eigenvalue weighted by Crippen LogP contribution is 2.37. The van der Waals surface area contributed by atoms with Gasteiger partial charge in [0, 0.05) is 31.4 Å². The highest BCUT2D eigenvalue weighted by molar-refractivity contribution is 6.36. The first-order valence-electron chi connectivity index (χ1n) is 14.2. The van der Waals surface area contributed by atoms with Crippen molar-refractivity contribution in [3.05, 3.63) is 52.8 Å². The molecule has 1 aliphatic rings. The molecule has 6 N–H and O–H groups in total. The second-order valence-corrected chi connectivity index (χ2v) is 10.6. The Morgan fingerprint density at radius 3 is 2.80 bits per heavy atom. The van der Waals surface area contributed by atoms with Crippen molar-refractivity contribution in [2.24, 2.45) is 5.73 Å². The van der Waals surface area contributed by atoms with Crippen molar-refractivity contribution >= 4 is 52.5 Å². The molecule has 1 amide bonds. The Balaban J connectivity index is 1.43. The Kier molecular flexibility index (Phi) is 9.65. The molecule has 1 aliphatic heterocycles. The SMILES string of the molecule is CCNc1nc(Nc2cc(C#N)cc(N3CC[C@@H](NC(=O)OC)C(OC(=O)[C@@H](N)Cc4cnc[nH]4)C3)c2Cl)nn2c(C#N)cnc12. The molecule has 3 atom stereocenters. The van der Waals surface area contributed by atoms with E-state index in [0.717, 1.165) is 0 Å². The molecular weight excluding hydrogens is 618 g/mol. The van der Waals surface area contributed by atoms with Crippen LogP contribution in [0.4, 0.5) is 27.9 Å². The van der Waals surface area contributed by atoms with E-state index in [2.05, 4.69) is 47.1 Å². The molecule has 1 saturated heterocycles. The number of nitrogens with two attached hydrogens (primary N) is 1. The lowest BCUT2D eigenvalue weighted by molar-refractivity contribution is -0.152. The van der Waals surface area contributed by atoms with Crippen LogP contribution in [0.15, 0.2) is 30.9 Å². The van der Waals surface area contributed by atoms with Gasteiger partial charge in [-0.2, -0.15) is 20.0 Å². The number of ether oxygens (including phenoxy) is 2. The molecule has 1 fully saturated rings. The summed E-state index contributed by atoms with van der Waals surface area (Å²) in [6, 6.07) is 5.76. The van der Waals surface area contributed by atoms with Crippen LogP contribution in [0, 0.1) is 22.7 Å². The number of anilines is 4. The molecule has 17 nitrogen and oxygen atoms in total. The van der Waals surface area contributed by atoms with Gasteiger partial charge in [-0.05, 0) is 25.5 Å². The molecule has 1 unspecified atom stereocenters. The summed E-state index contributed by atoms with van der Waals surface area (Å²) in [7, 11) is 1.24. The van der Waals surface area contributed by atoms with E-state index in [1.54, 1.807) is 18.3 Å². The lowest BCUT2D eigenvalue weighted by Gasteiger charge is -2.40. The zero-order valence-electron chi connectivity index (χ0n) is 24.8. The number of nitriles is 2. The van der Waals surface area contributed by atoms with E-state index in [9.17, 15) is 20.1 Å². The fourth-order valence-corrected chi connectivity index (χ4v) is 5.27. The summed E-state index contributed by atoms with van der Waals surface area (Å²) >= 11 is 6.92. The zero-order chi connectivity index (χ0) is 32.8. The predicted octanol–water partition coefficient (Wildman–Crippen LogP) is 1.84. The van der Waals surface area contributed by atoms with Crippen molar-refractivity contribution < 1.29 is 19.1 Å². The van der Waals surface area contributed by atoms with Gasteiger partial charge in [-0.1, -0.05) is 11.6 Å². The van der Waals surface area contributed by atoms with Gasteiger partial charge >= 0.3 is 12.1 Å². The topological polar surface area (TPSA) is 237 Å². The largest absolute Gasteiger partial charge is 0.457 e. The lowest BCUT2D eigenvalue weighted by atomic mass is 10.00. The summed E-state index contributed by atoms with van der Waals surface area (Å²) in [5.41, 5.74) is 8.42. The fourth-order valence-electron chi connectivity index (χ4n) is 5.00. The number of fused-ring (bicyclic) bond motifs is 1. The van der Waals surface area contributed by atoms with Gasteiger partial charge in [-0.3, -0.25) is 4.79 Å². The third-order valence-electron chi connectivity index (χ3n) is 7.20. The van der Waals surface area contributed by atoms with E-state index in [0.29, 0.717) is 48.0 Å². The van der Waals surface area contributed by atoms with Crippen LogP contribution in [0.25, 0.3) is 5.65 Å². The summed E-state index contributed by atoms with van der Waals surface area (Å²) < 4.78 is 12.0. The summed E-state index contributed by atoms with van der Waals surface area (Å²) in [4.78, 5) is 42.5. The second-order valence-electron chi connectivity index (χ2n) is 10.2. The number of H-pyrrole nitrogens is 1. The van der Waals surface area contributed by atoms with Crippen LogP contribution >= 0.6 is 11.6 Å². The minimum Gasteiger partial charge on any atom is -0.457 e. The second kappa shape index (κ2) is 14.0. The van der Waals surface area contributed by atoms with Crippen molar-refractivity contribution in [1.29, 1.82) is 10.5 Å². The zero-order valence-corrected chi connectivity index (χ0v) is 25.6. The number of carbonyl (C=O) groups excluding carboxylic acids is 2. The fraction of sp³-hybridized carbons (Fsp3) is 0.357. The maximum Gasteiger partial charge on any atom is 0.407 e. The first-order valence-corrected chi connectivity index (χ1v) is 14.6. The molecule has 4 aromatic rings. The average Bonchev–Trinajstić information content (AvgIpc) is 3.72. The van der Waals surface area contributed by atoms with Crippen molar-refractivity contribution in [1.82, 2.24) is 34.9 Å². The van der Waals surface area contributed by atoms with E-state index in [1.807, 2.05) is 17.9 Å². The van der Waals surface area contributed by atoms with Crippen LogP contribution in [-0.2, 0) is 20.7 Å². The molecule has 0 bridgehead atoms. The Morgan fingerprint density at radius 2 is 2.11 bits per heavy atom. The molecule has 1 aromatic carbocycles. The first-order chi connectivity index (χ1) is 22.2. The highest BCUT2D eigenvalue weighted by Gasteiger charge is 2.36. The van der Waals surface area contributed by atoms with Gasteiger partial charge in [0.25, 0.3) is 0 Å². The van der Waals surface area contributed by atoms with Gasteiger partial charge in [0.1, 0.15) is 18.2 Å². The van der Waals surface area contributed by atoms with Gasteiger partial charge in [0.2, 0.25) is 5.95 Å². The number of rotatable bonds is 10. The monoisotopic (exact) mass is 647 g/mol. The summed E-state index contributed by atoms with van der Waals surface area (Å²) in [6.45, 7) is 2.92. The third kappa shape index (κ3) is 6.85. The Hall–Kier alpha value is -5.65. The van der Waals surface area contributed by atoms with E-state index in [1.165, 1.54) is 24.1 Å². The Labute approximate surface area is 267 Å². The van der Waals surface area contributed by atoms with E-state index < -0.39 is 30.3 Å². The molecule has 0 spiro atoms. The number of carbonyl (C=O) groups is 2. The van der Waals surface area contributed by atoms with Gasteiger partial charge in [-0.15, -0.1) is 5.10 Å². The maximum absolute atomic E-state index is 13.0. The van der Waals surface area contributed by atoms with Gasteiger partial charge in [0.15, 0.2) is 17.2 Å². The number of nitrogens with zero attached hydrogens (tertiary/aromatic N) is 8. The van der Waals surface area contributed by atoms with Crippen LogP contribution in [0.1, 0.15) is 30.3 Å². The number of piperidine rings is 1. The number of methoxy groups -OCH3 is 1. The van der Waals surface area contributed by atoms with Gasteiger partial charge < -0.3 is 41.0 Å². The summed E-state index contributed by atoms with van der Waals surface area (Å²) in [6.07, 6.45) is 3.44. The number of aromatic nitrogens is 6. The molecule has 18 heteroatoms. The molecule has 0 aliphatic carbocycles. The lowest BCUT2D eigenvalue weighted by Crippen LogP contribution is -2.56. The normalized spacial score (nSPS) is 16.6. The molecule has 5 rings (SSSR count). The number of nitrogens with one attached hydrogen (secondary N) is 4. The first kappa shape index (κ1) is 31.8. The number of alkyl carbamates (subject to hydrolysis) is 1. The molecule has 0 radical (unpaired) electrons. The molecular formula is C28H30ClN13O4. The number of amides is 1. The van der Waals surface area contributed by atoms with E-state index >= 15 is 0 Å². The maximum atomic E-state index is 13.0. The van der Waals surface area contributed by atoms with E-state index in [-0.39, 0.29) is 35.2 Å².